The van der Waals surface area contributed by atoms with E-state index in [1.165, 1.54) is 37.0 Å². The average molecular weight is 488 g/mol. The summed E-state index contributed by atoms with van der Waals surface area (Å²) in [7, 11) is 0. The molecule has 0 atom stereocenters. The van der Waals surface area contributed by atoms with Gasteiger partial charge in [-0.3, -0.25) is 9.59 Å². The molecule has 1 aromatic carbocycles. The Morgan fingerprint density at radius 1 is 1.08 bits per heavy atom. The van der Waals surface area contributed by atoms with Gasteiger partial charge in [-0.2, -0.15) is 9.97 Å². The summed E-state index contributed by atoms with van der Waals surface area (Å²) in [6.07, 6.45) is 10.5. The molecule has 1 fully saturated rings. The van der Waals surface area contributed by atoms with Crippen molar-refractivity contribution >= 4 is 40.4 Å². The Morgan fingerprint density at radius 2 is 1.83 bits per heavy atom. The molecule has 0 unspecified atom stereocenters. The van der Waals surface area contributed by atoms with Gasteiger partial charge < -0.3 is 20.1 Å². The fourth-order valence-corrected chi connectivity index (χ4v) is 4.45. The van der Waals surface area contributed by atoms with Crippen molar-refractivity contribution in [3.63, 3.8) is 0 Å². The van der Waals surface area contributed by atoms with Crippen molar-refractivity contribution in [3.05, 3.63) is 61.5 Å². The number of anilines is 3. The lowest BCUT2D eigenvalue weighted by atomic mass is 10.0. The Hall–Kier alpha value is -4.01. The molecule has 0 spiro atoms. The van der Waals surface area contributed by atoms with Crippen LogP contribution in [0, 0.1) is 0 Å². The molecule has 188 valence electrons. The molecule has 4 rings (SSSR count). The second-order valence-electron chi connectivity index (χ2n) is 8.95. The van der Waals surface area contributed by atoms with Gasteiger partial charge in [-0.1, -0.05) is 45.1 Å². The highest BCUT2D eigenvalue weighted by molar-refractivity contribution is 6.02. The molecule has 1 aliphatic heterocycles. The van der Waals surface area contributed by atoms with Gasteiger partial charge in [0.25, 0.3) is 0 Å². The maximum Gasteiger partial charge on any atom is 0.248 e. The van der Waals surface area contributed by atoms with E-state index in [9.17, 15) is 9.59 Å². The Bertz CT molecular complexity index is 1240. The summed E-state index contributed by atoms with van der Waals surface area (Å²) in [6.45, 7) is 10.6. The third-order valence-corrected chi connectivity index (χ3v) is 6.47. The number of hydrogen-bond donors (Lipinski definition) is 2. The SMILES string of the molecule is C=CC(=O)Nc1nc(Nc2ccc(CCCCC)cc2)nc2c1ncn2C1CCN(C(=O)C=C)CC1. The summed E-state index contributed by atoms with van der Waals surface area (Å²) in [5.41, 5.74) is 3.28. The van der Waals surface area contributed by atoms with Crippen molar-refractivity contribution in [3.8, 4) is 0 Å². The minimum Gasteiger partial charge on any atom is -0.339 e. The number of nitrogens with zero attached hydrogens (tertiary/aromatic N) is 5. The number of carbonyl (C=O) groups excluding carboxylic acids is 2. The normalized spacial score (nSPS) is 14.0. The van der Waals surface area contributed by atoms with Crippen LogP contribution in [0.5, 0.6) is 0 Å². The zero-order valence-electron chi connectivity index (χ0n) is 20.7. The Labute approximate surface area is 211 Å². The van der Waals surface area contributed by atoms with Gasteiger partial charge in [-0.25, -0.2) is 4.98 Å². The summed E-state index contributed by atoms with van der Waals surface area (Å²) in [5.74, 6) is 0.259. The van der Waals surface area contributed by atoms with E-state index in [2.05, 4.69) is 52.8 Å². The quantitative estimate of drug-likeness (QED) is 0.315. The summed E-state index contributed by atoms with van der Waals surface area (Å²) < 4.78 is 2.01. The number of hydrogen-bond acceptors (Lipinski definition) is 6. The van der Waals surface area contributed by atoms with Crippen molar-refractivity contribution in [1.82, 2.24) is 24.4 Å². The molecule has 1 aliphatic rings. The highest BCUT2D eigenvalue weighted by Crippen LogP contribution is 2.29. The number of aryl methyl sites for hydroxylation is 1. The first-order valence-corrected chi connectivity index (χ1v) is 12.5. The van der Waals surface area contributed by atoms with Crippen LogP contribution >= 0.6 is 0 Å². The number of piperidine rings is 1. The van der Waals surface area contributed by atoms with E-state index in [-0.39, 0.29) is 17.9 Å². The van der Waals surface area contributed by atoms with Crippen LogP contribution in [0.25, 0.3) is 11.2 Å². The first-order valence-electron chi connectivity index (χ1n) is 12.5. The zero-order valence-corrected chi connectivity index (χ0v) is 20.7. The van der Waals surface area contributed by atoms with Gasteiger partial charge in [0.15, 0.2) is 17.0 Å². The molecule has 3 heterocycles. The first-order chi connectivity index (χ1) is 17.5. The van der Waals surface area contributed by atoms with Gasteiger partial charge in [0.1, 0.15) is 0 Å². The predicted octanol–water partition coefficient (Wildman–Crippen LogP) is 4.78. The van der Waals surface area contributed by atoms with E-state index < -0.39 is 0 Å². The van der Waals surface area contributed by atoms with E-state index >= 15 is 0 Å². The fraction of sp³-hybridized carbons (Fsp3) is 0.370. The smallest absolute Gasteiger partial charge is 0.248 e. The van der Waals surface area contributed by atoms with Crippen LogP contribution in [-0.4, -0.2) is 49.3 Å². The number of likely N-dealkylation sites (tertiary alicyclic amines) is 1. The molecule has 3 aromatic rings. The Morgan fingerprint density at radius 3 is 2.50 bits per heavy atom. The molecule has 1 saturated heterocycles. The van der Waals surface area contributed by atoms with E-state index in [1.807, 2.05) is 16.7 Å². The number of unbranched alkanes of at least 4 members (excludes halogenated alkanes) is 2. The second kappa shape index (κ2) is 11.6. The van der Waals surface area contributed by atoms with Gasteiger partial charge >= 0.3 is 0 Å². The first kappa shape index (κ1) is 25.1. The van der Waals surface area contributed by atoms with Crippen molar-refractivity contribution in [2.75, 3.05) is 23.7 Å². The topological polar surface area (TPSA) is 105 Å². The fourth-order valence-electron chi connectivity index (χ4n) is 4.45. The molecule has 0 saturated carbocycles. The highest BCUT2D eigenvalue weighted by Gasteiger charge is 2.25. The number of imidazole rings is 1. The van der Waals surface area contributed by atoms with E-state index in [1.54, 1.807) is 11.2 Å². The molecule has 9 heteroatoms. The number of nitrogens with one attached hydrogen (secondary N) is 2. The van der Waals surface area contributed by atoms with Crippen LogP contribution in [0.15, 0.2) is 55.9 Å². The minimum atomic E-state index is -0.372. The van der Waals surface area contributed by atoms with Crippen LogP contribution in [0.1, 0.15) is 50.6 Å². The van der Waals surface area contributed by atoms with Crippen molar-refractivity contribution in [2.24, 2.45) is 0 Å². The lowest BCUT2D eigenvalue weighted by Crippen LogP contribution is -2.38. The largest absolute Gasteiger partial charge is 0.339 e. The molecule has 0 aliphatic carbocycles. The lowest BCUT2D eigenvalue weighted by molar-refractivity contribution is -0.127. The van der Waals surface area contributed by atoms with E-state index in [4.69, 9.17) is 4.98 Å². The summed E-state index contributed by atoms with van der Waals surface area (Å²) in [4.78, 5) is 39.6. The van der Waals surface area contributed by atoms with Crippen molar-refractivity contribution < 1.29 is 9.59 Å². The third kappa shape index (κ3) is 5.79. The summed E-state index contributed by atoms with van der Waals surface area (Å²) in [5, 5.41) is 6.02. The third-order valence-electron chi connectivity index (χ3n) is 6.47. The Kier molecular flexibility index (Phi) is 8.10. The van der Waals surface area contributed by atoms with Gasteiger partial charge in [-0.15, -0.1) is 0 Å². The average Bonchev–Trinajstić information content (AvgIpc) is 3.33. The minimum absolute atomic E-state index is 0.0523. The highest BCUT2D eigenvalue weighted by atomic mass is 16.2. The second-order valence-corrected chi connectivity index (χ2v) is 8.95. The summed E-state index contributed by atoms with van der Waals surface area (Å²) in [6, 6.07) is 8.37. The number of benzene rings is 1. The molecule has 0 bridgehead atoms. The van der Waals surface area contributed by atoms with Crippen LogP contribution in [0.2, 0.25) is 0 Å². The van der Waals surface area contributed by atoms with E-state index in [0.29, 0.717) is 36.0 Å². The van der Waals surface area contributed by atoms with Crippen LogP contribution in [-0.2, 0) is 16.0 Å². The number of aromatic nitrogens is 4. The standard InChI is InChI=1S/C27H33N7O2/c1-4-7-8-9-19-10-12-20(13-11-19)29-27-31-25(30-22(35)5-2)24-26(32-27)34(18-28-24)21-14-16-33(17-15-21)23(36)6-3/h5-6,10-13,18,21H,2-4,7-9,14-17H2,1H3,(H2,29,30,31,32,35). The number of amides is 2. The van der Waals surface area contributed by atoms with Gasteiger partial charge in [0.05, 0.1) is 6.33 Å². The van der Waals surface area contributed by atoms with Gasteiger partial charge in [0, 0.05) is 24.8 Å². The monoisotopic (exact) mass is 487 g/mol. The molecule has 2 N–H and O–H groups in total. The Balaban J connectivity index is 1.60. The van der Waals surface area contributed by atoms with Crippen molar-refractivity contribution in [2.45, 2.75) is 51.5 Å². The van der Waals surface area contributed by atoms with E-state index in [0.717, 1.165) is 24.9 Å². The maximum atomic E-state index is 12.1. The summed E-state index contributed by atoms with van der Waals surface area (Å²) >= 11 is 0. The molecule has 0 radical (unpaired) electrons. The van der Waals surface area contributed by atoms with Crippen LogP contribution < -0.4 is 10.6 Å². The van der Waals surface area contributed by atoms with Crippen LogP contribution in [0.4, 0.5) is 17.5 Å². The number of rotatable bonds is 10. The van der Waals surface area contributed by atoms with Gasteiger partial charge in [-0.05, 0) is 55.5 Å². The number of carbonyl (C=O) groups is 2. The van der Waals surface area contributed by atoms with Gasteiger partial charge in [0.2, 0.25) is 17.8 Å². The predicted molar refractivity (Wildman–Crippen MR) is 142 cm³/mol. The molecule has 2 aromatic heterocycles. The van der Waals surface area contributed by atoms with Crippen LogP contribution in [0.3, 0.4) is 0 Å². The zero-order chi connectivity index (χ0) is 25.5. The molecule has 2 amide bonds. The molecular weight excluding hydrogens is 454 g/mol. The number of fused-ring (bicyclic) bond motifs is 1. The van der Waals surface area contributed by atoms with Crippen molar-refractivity contribution in [1.29, 1.82) is 0 Å². The molecule has 36 heavy (non-hydrogen) atoms. The molecular formula is C27H33N7O2. The lowest BCUT2D eigenvalue weighted by Gasteiger charge is -2.32. The maximum absolute atomic E-state index is 12.1. The molecule has 9 nitrogen and oxygen atoms in total.